The molecule has 3 aliphatic rings. The number of hydrogen-bond acceptors (Lipinski definition) is 6. The zero-order valence-electron chi connectivity index (χ0n) is 25.2. The number of allylic oxidation sites excluding steroid dienone is 4. The van der Waals surface area contributed by atoms with Crippen LogP contribution in [-0.2, 0) is 14.4 Å². The van der Waals surface area contributed by atoms with Crippen LogP contribution in [0, 0.1) is 10.8 Å². The van der Waals surface area contributed by atoms with E-state index in [1.54, 1.807) is 43.5 Å². The van der Waals surface area contributed by atoms with Crippen molar-refractivity contribution >= 4 is 34.8 Å². The summed E-state index contributed by atoms with van der Waals surface area (Å²) >= 11 is 6.71. The van der Waals surface area contributed by atoms with Crippen LogP contribution in [0.3, 0.4) is 0 Å². The number of nitrogens with zero attached hydrogens (tertiary/aromatic N) is 1. The van der Waals surface area contributed by atoms with Gasteiger partial charge in [0.1, 0.15) is 11.5 Å². The van der Waals surface area contributed by atoms with Crippen LogP contribution in [-0.4, -0.2) is 42.6 Å². The number of carbonyl (C=O) groups excluding carboxylic acids is 3. The standard InChI is InChI=1S/C34H39ClN2O5/c1-7-37-24-15-33(2,3)17-26(38)31(24)30(32-25(37)16-34(4,5)18-27(32)39)20-8-13-28(23(35)14-20)42-19-29(40)36-21-9-11-22(41-6)12-10-21/h8-14,30H,7,15-19H2,1-6H3,(H,36,40). The van der Waals surface area contributed by atoms with Crippen molar-refractivity contribution in [2.75, 3.05) is 25.6 Å². The Labute approximate surface area is 252 Å². The minimum Gasteiger partial charge on any atom is -0.497 e. The smallest absolute Gasteiger partial charge is 0.262 e. The van der Waals surface area contributed by atoms with Crippen molar-refractivity contribution in [2.24, 2.45) is 10.8 Å². The Balaban J connectivity index is 1.45. The van der Waals surface area contributed by atoms with Gasteiger partial charge in [-0.1, -0.05) is 45.4 Å². The first-order valence-corrected chi connectivity index (χ1v) is 14.9. The molecule has 1 N–H and O–H groups in total. The number of hydrogen-bond donors (Lipinski definition) is 1. The lowest BCUT2D eigenvalue weighted by Gasteiger charge is -2.48. The number of carbonyl (C=O) groups is 3. The van der Waals surface area contributed by atoms with Gasteiger partial charge in [-0.3, -0.25) is 14.4 Å². The number of methoxy groups -OCH3 is 1. The molecule has 1 aliphatic heterocycles. The van der Waals surface area contributed by atoms with Crippen LogP contribution in [0.1, 0.15) is 71.8 Å². The number of halogens is 1. The number of Topliss-reactive ketones (excluding diaryl/α,β-unsaturated/α-hetero) is 2. The number of ketones is 2. The summed E-state index contributed by atoms with van der Waals surface area (Å²) in [6, 6.07) is 12.4. The summed E-state index contributed by atoms with van der Waals surface area (Å²) in [5.74, 6) is 0.408. The van der Waals surface area contributed by atoms with Crippen LogP contribution in [0.25, 0.3) is 0 Å². The average Bonchev–Trinajstić information content (AvgIpc) is 2.90. The van der Waals surface area contributed by atoms with Crippen molar-refractivity contribution in [3.05, 3.63) is 75.6 Å². The van der Waals surface area contributed by atoms with Gasteiger partial charge in [0.2, 0.25) is 0 Å². The van der Waals surface area contributed by atoms with Gasteiger partial charge in [-0.25, -0.2) is 0 Å². The molecule has 0 aromatic heterocycles. The van der Waals surface area contributed by atoms with E-state index >= 15 is 0 Å². The molecular formula is C34H39ClN2O5. The maximum atomic E-state index is 13.8. The minimum atomic E-state index is -0.477. The Morgan fingerprint density at radius 3 is 2.00 bits per heavy atom. The topological polar surface area (TPSA) is 84.9 Å². The lowest BCUT2D eigenvalue weighted by Crippen LogP contribution is -2.44. The maximum absolute atomic E-state index is 13.8. The van der Waals surface area contributed by atoms with Gasteiger partial charge in [0.25, 0.3) is 5.91 Å². The summed E-state index contributed by atoms with van der Waals surface area (Å²) in [4.78, 5) is 42.3. The molecule has 2 aromatic carbocycles. The number of nitrogens with one attached hydrogen (secondary N) is 1. The molecule has 0 saturated carbocycles. The zero-order valence-corrected chi connectivity index (χ0v) is 26.0. The predicted octanol–water partition coefficient (Wildman–Crippen LogP) is 7.07. The Morgan fingerprint density at radius 2 is 1.50 bits per heavy atom. The van der Waals surface area contributed by atoms with E-state index in [2.05, 4.69) is 44.8 Å². The first kappa shape index (κ1) is 29.9. The van der Waals surface area contributed by atoms with E-state index in [1.807, 2.05) is 6.07 Å². The SMILES string of the molecule is CCN1C2=C(C(=O)CC(C)(C)C2)C(c2ccc(OCC(=O)Nc3ccc(OC)cc3)c(Cl)c2)C2=C1CC(C)(C)CC2=O. The molecule has 0 bridgehead atoms. The molecule has 0 unspecified atom stereocenters. The third-order valence-electron chi connectivity index (χ3n) is 8.36. The van der Waals surface area contributed by atoms with E-state index in [1.165, 1.54) is 0 Å². The zero-order chi connectivity index (χ0) is 30.4. The van der Waals surface area contributed by atoms with Gasteiger partial charge in [-0.15, -0.1) is 0 Å². The van der Waals surface area contributed by atoms with Gasteiger partial charge in [-0.2, -0.15) is 0 Å². The van der Waals surface area contributed by atoms with Crippen molar-refractivity contribution in [2.45, 2.75) is 66.2 Å². The first-order valence-electron chi connectivity index (χ1n) is 14.5. The fraction of sp³-hybridized carbons (Fsp3) is 0.441. The highest BCUT2D eigenvalue weighted by Crippen LogP contribution is 2.54. The number of anilines is 1. The highest BCUT2D eigenvalue weighted by atomic mass is 35.5. The van der Waals surface area contributed by atoms with E-state index in [-0.39, 0.29) is 34.9 Å². The predicted molar refractivity (Wildman–Crippen MR) is 164 cm³/mol. The molecule has 0 fully saturated rings. The van der Waals surface area contributed by atoms with E-state index < -0.39 is 5.92 Å². The third-order valence-corrected chi connectivity index (χ3v) is 8.66. The van der Waals surface area contributed by atoms with Gasteiger partial charge >= 0.3 is 0 Å². The highest BCUT2D eigenvalue weighted by molar-refractivity contribution is 6.32. The van der Waals surface area contributed by atoms with E-state index in [4.69, 9.17) is 21.1 Å². The summed E-state index contributed by atoms with van der Waals surface area (Å²) in [6.45, 7) is 11.1. The second-order valence-electron chi connectivity index (χ2n) is 13.0. The van der Waals surface area contributed by atoms with Crippen molar-refractivity contribution < 1.29 is 23.9 Å². The molecule has 222 valence electrons. The second kappa shape index (κ2) is 11.3. The molecule has 1 amide bonds. The molecule has 42 heavy (non-hydrogen) atoms. The normalized spacial score (nSPS) is 19.8. The summed E-state index contributed by atoms with van der Waals surface area (Å²) in [5.41, 5.74) is 4.56. The summed E-state index contributed by atoms with van der Waals surface area (Å²) < 4.78 is 10.9. The molecule has 8 heteroatoms. The molecule has 0 saturated heterocycles. The lowest BCUT2D eigenvalue weighted by atomic mass is 9.63. The number of amides is 1. The van der Waals surface area contributed by atoms with E-state index in [0.717, 1.165) is 29.8 Å². The minimum absolute atomic E-state index is 0.0838. The third kappa shape index (κ3) is 5.84. The molecule has 5 rings (SSSR count). The Bertz CT molecular complexity index is 1450. The second-order valence-corrected chi connectivity index (χ2v) is 13.4. The molecule has 2 aromatic rings. The highest BCUT2D eigenvalue weighted by Gasteiger charge is 2.48. The monoisotopic (exact) mass is 590 g/mol. The number of benzene rings is 2. The van der Waals surface area contributed by atoms with Crippen molar-refractivity contribution in [3.63, 3.8) is 0 Å². The van der Waals surface area contributed by atoms with Crippen LogP contribution < -0.4 is 14.8 Å². The lowest BCUT2D eigenvalue weighted by molar-refractivity contribution is -0.120. The Kier molecular flexibility index (Phi) is 8.01. The largest absolute Gasteiger partial charge is 0.497 e. The molecule has 1 heterocycles. The fourth-order valence-corrected chi connectivity index (χ4v) is 6.83. The van der Waals surface area contributed by atoms with Crippen LogP contribution in [0.4, 0.5) is 5.69 Å². The van der Waals surface area contributed by atoms with Gasteiger partial charge in [0.05, 0.1) is 12.1 Å². The number of rotatable bonds is 7. The van der Waals surface area contributed by atoms with Crippen molar-refractivity contribution in [1.29, 1.82) is 0 Å². The molecule has 0 atom stereocenters. The van der Waals surface area contributed by atoms with Crippen molar-refractivity contribution in [3.8, 4) is 11.5 Å². The Hall–Kier alpha value is -3.58. The van der Waals surface area contributed by atoms with Crippen LogP contribution in [0.5, 0.6) is 11.5 Å². The van der Waals surface area contributed by atoms with Gasteiger partial charge in [-0.05, 0) is 72.6 Å². The molecule has 0 radical (unpaired) electrons. The fourth-order valence-electron chi connectivity index (χ4n) is 6.59. The molecule has 7 nitrogen and oxygen atoms in total. The van der Waals surface area contributed by atoms with Gasteiger partial charge in [0, 0.05) is 53.5 Å². The van der Waals surface area contributed by atoms with Gasteiger partial charge < -0.3 is 19.7 Å². The van der Waals surface area contributed by atoms with E-state index in [0.29, 0.717) is 52.7 Å². The average molecular weight is 591 g/mol. The first-order chi connectivity index (χ1) is 19.8. The van der Waals surface area contributed by atoms with Crippen LogP contribution in [0.15, 0.2) is 65.0 Å². The summed E-state index contributed by atoms with van der Waals surface area (Å²) in [7, 11) is 1.58. The summed E-state index contributed by atoms with van der Waals surface area (Å²) in [6.07, 6.45) is 2.39. The number of ether oxygens (including phenoxy) is 2. The quantitative estimate of drug-likeness (QED) is 0.371. The maximum Gasteiger partial charge on any atom is 0.262 e. The molecule has 2 aliphatic carbocycles. The Morgan fingerprint density at radius 1 is 0.929 bits per heavy atom. The van der Waals surface area contributed by atoms with Crippen LogP contribution >= 0.6 is 11.6 Å². The van der Waals surface area contributed by atoms with E-state index in [9.17, 15) is 14.4 Å². The summed E-state index contributed by atoms with van der Waals surface area (Å²) in [5, 5.41) is 3.11. The molecule has 0 spiro atoms. The van der Waals surface area contributed by atoms with Gasteiger partial charge in [0.15, 0.2) is 18.2 Å². The van der Waals surface area contributed by atoms with Crippen LogP contribution in [0.2, 0.25) is 5.02 Å². The van der Waals surface area contributed by atoms with Crippen molar-refractivity contribution in [1.82, 2.24) is 4.90 Å². The molecular weight excluding hydrogens is 552 g/mol.